The summed E-state index contributed by atoms with van der Waals surface area (Å²) < 4.78 is 75.4. The van der Waals surface area contributed by atoms with Gasteiger partial charge in [-0.25, -0.2) is 0 Å². The Morgan fingerprint density at radius 3 is 0.787 bits per heavy atom. The molecule has 0 aliphatic heterocycles. The average molecular weight is 689 g/mol. The molecular weight excluding hydrogens is 624 g/mol. The standard InChI is InChI=1S/C32H64O15/c1-4-46-32(33)5-6-34-7-8-35-9-10-36-11-12-37-13-14-38-15-16-39-17-18-40-19-20-41-21-22-42-23-24-43-25-26-44-27-28-45-29-30-47-31(2)3/h31H,4-30H2,1-3H3. The molecule has 0 bridgehead atoms. The topological polar surface area (TPSA) is 146 Å². The van der Waals surface area contributed by atoms with Crippen LogP contribution in [0.5, 0.6) is 0 Å². The quantitative estimate of drug-likeness (QED) is 0.0676. The number of hydrogen-bond donors (Lipinski definition) is 0. The Balaban J connectivity index is 3.06. The first-order valence-corrected chi connectivity index (χ1v) is 16.9. The summed E-state index contributed by atoms with van der Waals surface area (Å²) in [6.45, 7) is 18.7. The van der Waals surface area contributed by atoms with E-state index >= 15 is 0 Å². The lowest BCUT2D eigenvalue weighted by molar-refractivity contribution is -0.144. The zero-order chi connectivity index (χ0) is 34.1. The number of carbonyl (C=O) groups excluding carboxylic acids is 1. The minimum atomic E-state index is -0.252. The summed E-state index contributed by atoms with van der Waals surface area (Å²) in [5.41, 5.74) is 0. The number of esters is 1. The number of rotatable bonds is 41. The Morgan fingerprint density at radius 2 is 0.574 bits per heavy atom. The van der Waals surface area contributed by atoms with Crippen LogP contribution in [-0.2, 0) is 71.1 Å². The van der Waals surface area contributed by atoms with Crippen LogP contribution in [0.4, 0.5) is 0 Å². The molecule has 0 aromatic rings. The number of ether oxygens (including phenoxy) is 14. The van der Waals surface area contributed by atoms with Gasteiger partial charge in [-0.05, 0) is 20.8 Å². The summed E-state index contributed by atoms with van der Waals surface area (Å²) in [7, 11) is 0. The summed E-state index contributed by atoms with van der Waals surface area (Å²) in [5.74, 6) is -0.252. The summed E-state index contributed by atoms with van der Waals surface area (Å²) in [4.78, 5) is 11.1. The van der Waals surface area contributed by atoms with E-state index in [1.54, 1.807) is 6.92 Å². The molecule has 0 unspecified atom stereocenters. The van der Waals surface area contributed by atoms with Gasteiger partial charge >= 0.3 is 5.97 Å². The lowest BCUT2D eigenvalue weighted by Crippen LogP contribution is -2.15. The fourth-order valence-corrected chi connectivity index (χ4v) is 3.25. The third-order valence-corrected chi connectivity index (χ3v) is 5.53. The Kier molecular flexibility index (Phi) is 40.2. The highest BCUT2D eigenvalue weighted by molar-refractivity contribution is 5.69. The second-order valence-electron chi connectivity index (χ2n) is 9.82. The molecule has 0 fully saturated rings. The predicted molar refractivity (Wildman–Crippen MR) is 172 cm³/mol. The van der Waals surface area contributed by atoms with Crippen molar-refractivity contribution in [3.05, 3.63) is 0 Å². The normalized spacial score (nSPS) is 11.6. The van der Waals surface area contributed by atoms with Crippen molar-refractivity contribution in [1.29, 1.82) is 0 Å². The van der Waals surface area contributed by atoms with Crippen LogP contribution in [0, 0.1) is 0 Å². The summed E-state index contributed by atoms with van der Waals surface area (Å²) in [6, 6.07) is 0. The van der Waals surface area contributed by atoms with E-state index in [1.807, 2.05) is 13.8 Å². The lowest BCUT2D eigenvalue weighted by atomic mass is 10.5. The molecule has 0 atom stereocenters. The average Bonchev–Trinajstić information content (AvgIpc) is 3.05. The summed E-state index contributed by atoms with van der Waals surface area (Å²) >= 11 is 0. The van der Waals surface area contributed by atoms with E-state index < -0.39 is 0 Å². The highest BCUT2D eigenvalue weighted by Crippen LogP contribution is 1.90. The maximum absolute atomic E-state index is 11.1. The fraction of sp³-hybridized carbons (Fsp3) is 0.969. The van der Waals surface area contributed by atoms with Gasteiger partial charge in [-0.2, -0.15) is 0 Å². The second kappa shape index (κ2) is 41.1. The van der Waals surface area contributed by atoms with Gasteiger partial charge in [-0.3, -0.25) is 4.79 Å². The lowest BCUT2D eigenvalue weighted by Gasteiger charge is -2.09. The largest absolute Gasteiger partial charge is 0.466 e. The fourth-order valence-electron chi connectivity index (χ4n) is 3.25. The zero-order valence-electron chi connectivity index (χ0n) is 29.3. The minimum absolute atomic E-state index is 0.228. The monoisotopic (exact) mass is 688 g/mol. The van der Waals surface area contributed by atoms with Crippen LogP contribution in [0.25, 0.3) is 0 Å². The molecule has 15 heteroatoms. The molecular formula is C32H64O15. The van der Waals surface area contributed by atoms with Crippen molar-refractivity contribution in [1.82, 2.24) is 0 Å². The van der Waals surface area contributed by atoms with Crippen molar-refractivity contribution in [2.75, 3.05) is 172 Å². The molecule has 0 aromatic heterocycles. The van der Waals surface area contributed by atoms with Crippen LogP contribution in [0.1, 0.15) is 27.2 Å². The van der Waals surface area contributed by atoms with Gasteiger partial charge in [0.15, 0.2) is 0 Å². The van der Waals surface area contributed by atoms with Gasteiger partial charge in [0.2, 0.25) is 0 Å². The molecule has 47 heavy (non-hydrogen) atoms. The summed E-state index contributed by atoms with van der Waals surface area (Å²) in [5, 5.41) is 0. The van der Waals surface area contributed by atoms with Gasteiger partial charge in [-0.15, -0.1) is 0 Å². The van der Waals surface area contributed by atoms with Crippen LogP contribution < -0.4 is 0 Å². The van der Waals surface area contributed by atoms with E-state index in [4.69, 9.17) is 66.3 Å². The van der Waals surface area contributed by atoms with Crippen LogP contribution in [-0.4, -0.2) is 184 Å². The highest BCUT2D eigenvalue weighted by atomic mass is 16.6. The second-order valence-corrected chi connectivity index (χ2v) is 9.82. The minimum Gasteiger partial charge on any atom is -0.466 e. The van der Waals surface area contributed by atoms with E-state index in [2.05, 4.69) is 0 Å². The van der Waals surface area contributed by atoms with E-state index in [9.17, 15) is 4.79 Å². The van der Waals surface area contributed by atoms with Gasteiger partial charge in [0.05, 0.1) is 184 Å². The number of carbonyl (C=O) groups is 1. The highest BCUT2D eigenvalue weighted by Gasteiger charge is 2.01. The van der Waals surface area contributed by atoms with E-state index in [-0.39, 0.29) is 18.5 Å². The van der Waals surface area contributed by atoms with Crippen molar-refractivity contribution >= 4 is 5.97 Å². The van der Waals surface area contributed by atoms with Crippen molar-refractivity contribution in [2.24, 2.45) is 0 Å². The van der Waals surface area contributed by atoms with Crippen molar-refractivity contribution in [2.45, 2.75) is 33.3 Å². The molecule has 0 rings (SSSR count). The van der Waals surface area contributed by atoms with Gasteiger partial charge in [0, 0.05) is 0 Å². The molecule has 0 amide bonds. The molecule has 15 nitrogen and oxygen atoms in total. The third kappa shape index (κ3) is 42.9. The van der Waals surface area contributed by atoms with Crippen molar-refractivity contribution < 1.29 is 71.1 Å². The first kappa shape index (κ1) is 46.0. The van der Waals surface area contributed by atoms with Crippen LogP contribution in [0.15, 0.2) is 0 Å². The SMILES string of the molecule is CCOC(=O)CCOCCOCCOCCOCCOCCOCCOCCOCCOCCOCCOCCOCCOC(C)C. The van der Waals surface area contributed by atoms with Crippen molar-refractivity contribution in [3.63, 3.8) is 0 Å². The first-order chi connectivity index (χ1) is 23.2. The molecule has 282 valence electrons. The third-order valence-electron chi connectivity index (χ3n) is 5.53. The molecule has 0 radical (unpaired) electrons. The molecule has 0 aliphatic carbocycles. The van der Waals surface area contributed by atoms with Gasteiger partial charge < -0.3 is 66.3 Å². The number of hydrogen-bond acceptors (Lipinski definition) is 15. The first-order valence-electron chi connectivity index (χ1n) is 16.9. The molecule has 0 spiro atoms. The predicted octanol–water partition coefficient (Wildman–Crippen LogP) is 1.56. The maximum atomic E-state index is 11.1. The van der Waals surface area contributed by atoms with Gasteiger partial charge in [0.1, 0.15) is 0 Å². The van der Waals surface area contributed by atoms with E-state index in [1.165, 1.54) is 0 Å². The molecule has 0 saturated carbocycles. The van der Waals surface area contributed by atoms with Crippen LogP contribution in [0.2, 0.25) is 0 Å². The van der Waals surface area contributed by atoms with E-state index in [0.29, 0.717) is 172 Å². The molecule has 0 aromatic carbocycles. The van der Waals surface area contributed by atoms with Crippen LogP contribution >= 0.6 is 0 Å². The molecule has 0 saturated heterocycles. The molecule has 0 heterocycles. The Bertz CT molecular complexity index is 601. The summed E-state index contributed by atoms with van der Waals surface area (Å²) in [6.07, 6.45) is 0.483. The Hall–Kier alpha value is -1.05. The Labute approximate surface area is 282 Å². The smallest absolute Gasteiger partial charge is 0.308 e. The van der Waals surface area contributed by atoms with Crippen LogP contribution in [0.3, 0.4) is 0 Å². The van der Waals surface area contributed by atoms with Gasteiger partial charge in [-0.1, -0.05) is 0 Å². The zero-order valence-corrected chi connectivity index (χ0v) is 29.3. The van der Waals surface area contributed by atoms with Gasteiger partial charge in [0.25, 0.3) is 0 Å². The molecule has 0 N–H and O–H groups in total. The van der Waals surface area contributed by atoms with Crippen molar-refractivity contribution in [3.8, 4) is 0 Å². The maximum Gasteiger partial charge on any atom is 0.308 e. The van der Waals surface area contributed by atoms with E-state index in [0.717, 1.165) is 0 Å². The Morgan fingerprint density at radius 1 is 0.362 bits per heavy atom. The molecule has 0 aliphatic rings.